The zero-order chi connectivity index (χ0) is 25.8. The maximum absolute atomic E-state index is 12.3. The van der Waals surface area contributed by atoms with Crippen LogP contribution in [-0.4, -0.2) is 37.6 Å². The van der Waals surface area contributed by atoms with Crippen LogP contribution in [0.15, 0.2) is 77.7 Å². The maximum atomic E-state index is 12.3. The number of carbonyl (C=O) groups is 1. The summed E-state index contributed by atoms with van der Waals surface area (Å²) in [6, 6.07) is 22.0. The van der Waals surface area contributed by atoms with Crippen molar-refractivity contribution in [3.63, 3.8) is 0 Å². The summed E-state index contributed by atoms with van der Waals surface area (Å²) in [6.45, 7) is 1.76. The molecule has 11 nitrogen and oxygen atoms in total. The van der Waals surface area contributed by atoms with Crippen molar-refractivity contribution in [2.45, 2.75) is 11.8 Å². The maximum Gasteiger partial charge on any atom is 0.329 e. The van der Waals surface area contributed by atoms with Gasteiger partial charge in [-0.3, -0.25) is 4.72 Å². The highest BCUT2D eigenvalue weighted by Gasteiger charge is 2.16. The summed E-state index contributed by atoms with van der Waals surface area (Å²) >= 11 is 1.21. The van der Waals surface area contributed by atoms with Gasteiger partial charge in [0.15, 0.2) is 0 Å². The van der Waals surface area contributed by atoms with Gasteiger partial charge in [0, 0.05) is 16.3 Å². The van der Waals surface area contributed by atoms with Gasteiger partial charge in [0.2, 0.25) is 17.8 Å². The molecule has 0 radical (unpaired) electrons. The number of anilines is 4. The van der Waals surface area contributed by atoms with Gasteiger partial charge in [-0.2, -0.15) is 15.0 Å². The monoisotopic (exact) mass is 513 g/mol. The Kier molecular flexibility index (Phi) is 6.72. The number of fused-ring (bicyclic) bond motifs is 1. The first kappa shape index (κ1) is 23.9. The number of methoxy groups -OCH3 is 1. The van der Waals surface area contributed by atoms with E-state index in [4.69, 9.17) is 15.5 Å². The van der Waals surface area contributed by atoms with Crippen molar-refractivity contribution in [2.75, 3.05) is 23.5 Å². The van der Waals surface area contributed by atoms with Crippen molar-refractivity contribution >= 4 is 52.3 Å². The molecule has 3 aromatic carbocycles. The minimum atomic E-state index is -0.342. The van der Waals surface area contributed by atoms with E-state index in [0.29, 0.717) is 23.4 Å². The fraction of sp³-hybridized carbons (Fsp3) is 0.0800. The highest BCUT2D eigenvalue weighted by Crippen LogP contribution is 2.26. The van der Waals surface area contributed by atoms with E-state index in [-0.39, 0.29) is 12.0 Å². The summed E-state index contributed by atoms with van der Waals surface area (Å²) in [7, 11) is 1.61. The molecular formula is C25H23N9O2S. The van der Waals surface area contributed by atoms with Crippen LogP contribution in [0, 0.1) is 6.92 Å². The lowest BCUT2D eigenvalue weighted by atomic mass is 10.3. The molecule has 2 heterocycles. The molecule has 0 atom stereocenters. The fourth-order valence-electron chi connectivity index (χ4n) is 3.57. The average Bonchev–Trinajstić information content (AvgIpc) is 3.26. The van der Waals surface area contributed by atoms with Crippen LogP contribution in [0.4, 0.5) is 28.1 Å². The number of nitrogens with zero attached hydrogens (tertiary/aromatic N) is 5. The van der Waals surface area contributed by atoms with Crippen LogP contribution in [0.2, 0.25) is 0 Å². The number of benzene rings is 3. The van der Waals surface area contributed by atoms with Gasteiger partial charge in [0.1, 0.15) is 11.6 Å². The van der Waals surface area contributed by atoms with E-state index in [1.807, 2.05) is 60.7 Å². The van der Waals surface area contributed by atoms with E-state index in [1.54, 1.807) is 30.7 Å². The number of hydrogen-bond acceptors (Lipinski definition) is 9. The number of ether oxygens (including phenoxy) is 1. The minimum Gasteiger partial charge on any atom is -0.497 e. The molecule has 5 rings (SSSR count). The summed E-state index contributed by atoms with van der Waals surface area (Å²) in [5.74, 6) is 2.27. The number of urea groups is 1. The van der Waals surface area contributed by atoms with Crippen molar-refractivity contribution < 1.29 is 9.53 Å². The smallest absolute Gasteiger partial charge is 0.329 e. The minimum absolute atomic E-state index is 0.130. The standard InChI is InChI=1S/C25H23N9O2S/c1-15-27-22(26)32-23(28-15)34-21-6-4-3-5-20(21)31-24(34)29-16-7-9-17(10-8-16)30-25(35)33-37-19-13-11-18(36-2)12-14-19/h3-14H,1-2H3,(H,29,31)(H2,30,33,35)(H2,26,27,28,32). The van der Waals surface area contributed by atoms with Crippen LogP contribution < -0.4 is 25.8 Å². The van der Waals surface area contributed by atoms with E-state index < -0.39 is 0 Å². The molecular weight excluding hydrogens is 490 g/mol. The average molecular weight is 514 g/mol. The van der Waals surface area contributed by atoms with Gasteiger partial charge in [-0.1, -0.05) is 12.1 Å². The Balaban J connectivity index is 1.29. The molecule has 0 aliphatic heterocycles. The molecule has 0 saturated carbocycles. The molecule has 0 saturated heterocycles. The molecule has 0 aliphatic carbocycles. The first-order valence-electron chi connectivity index (χ1n) is 11.2. The summed E-state index contributed by atoms with van der Waals surface area (Å²) in [4.78, 5) is 30.7. The molecule has 12 heteroatoms. The highest BCUT2D eigenvalue weighted by atomic mass is 32.2. The van der Waals surface area contributed by atoms with Crippen molar-refractivity contribution in [1.82, 2.24) is 29.2 Å². The fourth-order valence-corrected chi connectivity index (χ4v) is 4.11. The molecule has 0 bridgehead atoms. The number of hydrogen-bond donors (Lipinski definition) is 4. The Labute approximate surface area is 216 Å². The van der Waals surface area contributed by atoms with Gasteiger partial charge in [0.05, 0.1) is 18.1 Å². The van der Waals surface area contributed by atoms with E-state index in [9.17, 15) is 4.79 Å². The van der Waals surface area contributed by atoms with Crippen molar-refractivity contribution in [2.24, 2.45) is 0 Å². The predicted molar refractivity (Wildman–Crippen MR) is 144 cm³/mol. The Hall–Kier alpha value is -4.84. The molecule has 0 unspecified atom stereocenters. The molecule has 2 amide bonds. The molecule has 5 N–H and O–H groups in total. The van der Waals surface area contributed by atoms with Crippen LogP contribution >= 0.6 is 11.9 Å². The van der Waals surface area contributed by atoms with Crippen LogP contribution in [0.25, 0.3) is 17.0 Å². The third kappa shape index (κ3) is 5.54. The van der Waals surface area contributed by atoms with Gasteiger partial charge in [-0.05, 0) is 79.5 Å². The number of nitrogens with two attached hydrogens (primary N) is 1. The molecule has 186 valence electrons. The number of aromatic nitrogens is 5. The van der Waals surface area contributed by atoms with Crippen LogP contribution in [-0.2, 0) is 0 Å². The SMILES string of the molecule is COc1ccc(SNC(=O)Nc2ccc(Nc3nc4ccccc4n3-c3nc(C)nc(N)n3)cc2)cc1. The summed E-state index contributed by atoms with van der Waals surface area (Å²) in [5.41, 5.74) is 8.85. The lowest BCUT2D eigenvalue weighted by molar-refractivity contribution is 0.257. The normalized spacial score (nSPS) is 10.8. The van der Waals surface area contributed by atoms with Crippen LogP contribution in [0.3, 0.4) is 0 Å². The molecule has 2 aromatic heterocycles. The summed E-state index contributed by atoms with van der Waals surface area (Å²) in [5, 5.41) is 6.12. The van der Waals surface area contributed by atoms with Gasteiger partial charge < -0.3 is 21.1 Å². The van der Waals surface area contributed by atoms with Crippen LogP contribution in [0.5, 0.6) is 5.75 Å². The lowest BCUT2D eigenvalue weighted by Gasteiger charge is -2.11. The number of amides is 2. The zero-order valence-corrected chi connectivity index (χ0v) is 20.8. The number of rotatable bonds is 7. The van der Waals surface area contributed by atoms with E-state index >= 15 is 0 Å². The second kappa shape index (κ2) is 10.4. The number of imidazole rings is 1. The topological polar surface area (TPSA) is 145 Å². The number of nitrogen functional groups attached to an aromatic ring is 1. The van der Waals surface area contributed by atoms with E-state index in [2.05, 4.69) is 30.3 Å². The number of aryl methyl sites for hydroxylation is 1. The Morgan fingerprint density at radius 3 is 2.38 bits per heavy atom. The van der Waals surface area contributed by atoms with Gasteiger partial charge in [-0.15, -0.1) is 0 Å². The second-order valence-electron chi connectivity index (χ2n) is 7.84. The number of para-hydroxylation sites is 2. The first-order valence-corrected chi connectivity index (χ1v) is 12.0. The zero-order valence-electron chi connectivity index (χ0n) is 20.0. The molecule has 5 aromatic rings. The summed E-state index contributed by atoms with van der Waals surface area (Å²) < 4.78 is 9.69. The predicted octanol–water partition coefficient (Wildman–Crippen LogP) is 4.68. The number of nitrogens with one attached hydrogen (secondary N) is 3. The third-order valence-corrected chi connectivity index (χ3v) is 6.03. The first-order chi connectivity index (χ1) is 18.0. The van der Waals surface area contributed by atoms with Crippen molar-refractivity contribution in [3.8, 4) is 11.7 Å². The molecule has 0 aliphatic rings. The van der Waals surface area contributed by atoms with Gasteiger partial charge in [0.25, 0.3) is 0 Å². The Bertz CT molecular complexity index is 1530. The molecule has 0 spiro atoms. The Morgan fingerprint density at radius 2 is 1.65 bits per heavy atom. The van der Waals surface area contributed by atoms with E-state index in [0.717, 1.165) is 27.4 Å². The van der Waals surface area contributed by atoms with Gasteiger partial charge in [-0.25, -0.2) is 14.3 Å². The third-order valence-electron chi connectivity index (χ3n) is 5.23. The largest absolute Gasteiger partial charge is 0.497 e. The number of carbonyl (C=O) groups excluding carboxylic acids is 1. The van der Waals surface area contributed by atoms with Crippen molar-refractivity contribution in [3.05, 3.63) is 78.6 Å². The molecule has 0 fully saturated rings. The Morgan fingerprint density at radius 1 is 0.919 bits per heavy atom. The van der Waals surface area contributed by atoms with Gasteiger partial charge >= 0.3 is 6.03 Å². The summed E-state index contributed by atoms with van der Waals surface area (Å²) in [6.07, 6.45) is 0. The quantitative estimate of drug-likeness (QED) is 0.228. The van der Waals surface area contributed by atoms with Crippen LogP contribution in [0.1, 0.15) is 5.82 Å². The lowest BCUT2D eigenvalue weighted by Crippen LogP contribution is -2.22. The second-order valence-corrected chi connectivity index (χ2v) is 8.72. The highest BCUT2D eigenvalue weighted by molar-refractivity contribution is 7.98. The van der Waals surface area contributed by atoms with Crippen molar-refractivity contribution in [1.29, 1.82) is 0 Å². The van der Waals surface area contributed by atoms with E-state index in [1.165, 1.54) is 11.9 Å². The molecule has 37 heavy (non-hydrogen) atoms.